The number of aromatic nitrogens is 1. The highest BCUT2D eigenvalue weighted by Crippen LogP contribution is 2.26. The molecule has 0 saturated carbocycles. The third kappa shape index (κ3) is 4.83. The number of nitrogens with one attached hydrogen (secondary N) is 1. The molecule has 0 fully saturated rings. The standard InChI is InChI=1S/C15H18ClN3O4S2/c1-3-19(15(20)21)8-7-11-9-24-14(17-11)18-25(22,23)13-6-4-5-12(16)10(13)2/h4-6,9H,3,7-8H2,1-2H3,(H,17,18)(H,20,21). The van der Waals surface area contributed by atoms with E-state index in [9.17, 15) is 13.2 Å². The van der Waals surface area contributed by atoms with E-state index in [1.807, 2.05) is 0 Å². The van der Waals surface area contributed by atoms with E-state index in [1.165, 1.54) is 11.0 Å². The molecule has 0 aliphatic heterocycles. The first-order valence-corrected chi connectivity index (χ1v) is 10.2. The normalized spacial score (nSPS) is 11.3. The van der Waals surface area contributed by atoms with E-state index in [4.69, 9.17) is 16.7 Å². The molecule has 10 heteroatoms. The lowest BCUT2D eigenvalue weighted by Gasteiger charge is -2.15. The van der Waals surface area contributed by atoms with E-state index in [1.54, 1.807) is 31.4 Å². The van der Waals surface area contributed by atoms with Crippen LogP contribution >= 0.6 is 22.9 Å². The summed E-state index contributed by atoms with van der Waals surface area (Å²) in [6.45, 7) is 4.07. The molecule has 1 amide bonds. The maximum Gasteiger partial charge on any atom is 0.407 e. The van der Waals surface area contributed by atoms with Gasteiger partial charge in [0, 0.05) is 29.9 Å². The van der Waals surface area contributed by atoms with Gasteiger partial charge in [0.15, 0.2) is 5.13 Å². The van der Waals surface area contributed by atoms with Gasteiger partial charge in [-0.2, -0.15) is 0 Å². The predicted molar refractivity (Wildman–Crippen MR) is 98.1 cm³/mol. The number of hydrogen-bond acceptors (Lipinski definition) is 5. The zero-order valence-electron chi connectivity index (χ0n) is 13.7. The van der Waals surface area contributed by atoms with Crippen molar-refractivity contribution in [3.63, 3.8) is 0 Å². The number of halogens is 1. The Hall–Kier alpha value is -1.84. The van der Waals surface area contributed by atoms with Crippen LogP contribution in [0.15, 0.2) is 28.5 Å². The number of likely N-dealkylation sites (N-methyl/N-ethyl adjacent to an activating group) is 1. The molecule has 0 spiro atoms. The second kappa shape index (κ2) is 8.03. The van der Waals surface area contributed by atoms with Crippen LogP contribution in [0.3, 0.4) is 0 Å². The fraction of sp³-hybridized carbons (Fsp3) is 0.333. The van der Waals surface area contributed by atoms with Crippen molar-refractivity contribution in [1.29, 1.82) is 0 Å². The van der Waals surface area contributed by atoms with Gasteiger partial charge in [0.1, 0.15) is 0 Å². The number of carbonyl (C=O) groups is 1. The minimum Gasteiger partial charge on any atom is -0.465 e. The molecule has 0 atom stereocenters. The largest absolute Gasteiger partial charge is 0.465 e. The fourth-order valence-corrected chi connectivity index (χ4v) is 4.65. The lowest BCUT2D eigenvalue weighted by atomic mass is 10.2. The summed E-state index contributed by atoms with van der Waals surface area (Å²) in [6, 6.07) is 4.67. The number of carboxylic acid groups (broad SMARTS) is 1. The molecule has 0 unspecified atom stereocenters. The quantitative estimate of drug-likeness (QED) is 0.737. The van der Waals surface area contributed by atoms with Gasteiger partial charge in [-0.05, 0) is 31.5 Å². The summed E-state index contributed by atoms with van der Waals surface area (Å²) in [5.41, 5.74) is 1.10. The van der Waals surface area contributed by atoms with Crippen molar-refractivity contribution in [1.82, 2.24) is 9.88 Å². The Kier molecular flexibility index (Phi) is 6.26. The van der Waals surface area contributed by atoms with Crippen molar-refractivity contribution in [3.8, 4) is 0 Å². The van der Waals surface area contributed by atoms with Crippen LogP contribution in [0.5, 0.6) is 0 Å². The van der Waals surface area contributed by atoms with Crippen LogP contribution in [0.25, 0.3) is 0 Å². The Morgan fingerprint density at radius 1 is 1.44 bits per heavy atom. The van der Waals surface area contributed by atoms with Crippen molar-refractivity contribution in [2.75, 3.05) is 17.8 Å². The van der Waals surface area contributed by atoms with Gasteiger partial charge in [0.05, 0.1) is 10.6 Å². The number of amides is 1. The highest BCUT2D eigenvalue weighted by atomic mass is 35.5. The van der Waals surface area contributed by atoms with Gasteiger partial charge in [0.2, 0.25) is 0 Å². The summed E-state index contributed by atoms with van der Waals surface area (Å²) in [4.78, 5) is 16.5. The molecule has 0 bridgehead atoms. The smallest absolute Gasteiger partial charge is 0.407 e. The lowest BCUT2D eigenvalue weighted by molar-refractivity contribution is 0.148. The van der Waals surface area contributed by atoms with Crippen molar-refractivity contribution >= 4 is 44.2 Å². The van der Waals surface area contributed by atoms with E-state index in [0.717, 1.165) is 11.3 Å². The second-order valence-electron chi connectivity index (χ2n) is 5.22. The third-order valence-corrected chi connectivity index (χ3v) is 6.40. The van der Waals surface area contributed by atoms with Crippen molar-refractivity contribution in [2.24, 2.45) is 0 Å². The van der Waals surface area contributed by atoms with Crippen molar-refractivity contribution in [2.45, 2.75) is 25.2 Å². The first kappa shape index (κ1) is 19.5. The highest BCUT2D eigenvalue weighted by Gasteiger charge is 2.20. The zero-order valence-corrected chi connectivity index (χ0v) is 16.1. The highest BCUT2D eigenvalue weighted by molar-refractivity contribution is 7.93. The number of rotatable bonds is 7. The van der Waals surface area contributed by atoms with Crippen molar-refractivity contribution in [3.05, 3.63) is 39.9 Å². The summed E-state index contributed by atoms with van der Waals surface area (Å²) in [7, 11) is -3.79. The summed E-state index contributed by atoms with van der Waals surface area (Å²) in [5.74, 6) is 0. The maximum atomic E-state index is 12.5. The number of thiazole rings is 1. The average Bonchev–Trinajstić information content (AvgIpc) is 2.96. The summed E-state index contributed by atoms with van der Waals surface area (Å²) >= 11 is 7.13. The minimum absolute atomic E-state index is 0.0970. The fourth-order valence-electron chi connectivity index (χ4n) is 2.16. The third-order valence-electron chi connectivity index (χ3n) is 3.57. The van der Waals surface area contributed by atoms with Crippen molar-refractivity contribution < 1.29 is 18.3 Å². The molecule has 0 saturated heterocycles. The maximum absolute atomic E-state index is 12.5. The monoisotopic (exact) mass is 403 g/mol. The molecule has 2 aromatic rings. The van der Waals surface area contributed by atoms with Gasteiger partial charge in [-0.25, -0.2) is 18.2 Å². The molecule has 1 aromatic heterocycles. The van der Waals surface area contributed by atoms with Gasteiger partial charge in [0.25, 0.3) is 10.0 Å². The number of hydrogen-bond donors (Lipinski definition) is 2. The Labute approximate surface area is 155 Å². The second-order valence-corrected chi connectivity index (χ2v) is 8.14. The Balaban J connectivity index is 2.10. The molecular weight excluding hydrogens is 386 g/mol. The summed E-state index contributed by atoms with van der Waals surface area (Å²) in [5, 5.41) is 11.3. The number of nitrogens with zero attached hydrogens (tertiary/aromatic N) is 2. The van der Waals surface area contributed by atoms with E-state index in [2.05, 4.69) is 9.71 Å². The van der Waals surface area contributed by atoms with Gasteiger partial charge in [-0.1, -0.05) is 17.7 Å². The number of sulfonamides is 1. The Bertz CT molecular complexity index is 867. The van der Waals surface area contributed by atoms with Gasteiger partial charge < -0.3 is 10.0 Å². The molecule has 2 N–H and O–H groups in total. The van der Waals surface area contributed by atoms with Crippen LogP contribution in [0.2, 0.25) is 5.02 Å². The van der Waals surface area contributed by atoms with E-state index >= 15 is 0 Å². The topological polar surface area (TPSA) is 99.6 Å². The van der Waals surface area contributed by atoms with Crippen LogP contribution in [-0.2, 0) is 16.4 Å². The van der Waals surface area contributed by atoms with Crippen LogP contribution in [0, 0.1) is 6.92 Å². The molecule has 0 aliphatic rings. The number of anilines is 1. The van der Waals surface area contributed by atoms with Crippen LogP contribution in [-0.4, -0.2) is 42.6 Å². The van der Waals surface area contributed by atoms with Gasteiger partial charge >= 0.3 is 6.09 Å². The molecule has 2 rings (SSSR count). The first-order chi connectivity index (χ1) is 11.7. The average molecular weight is 404 g/mol. The van der Waals surface area contributed by atoms with Crippen LogP contribution in [0.1, 0.15) is 18.2 Å². The van der Waals surface area contributed by atoms with E-state index in [0.29, 0.717) is 35.8 Å². The van der Waals surface area contributed by atoms with Gasteiger partial charge in [-0.15, -0.1) is 11.3 Å². The first-order valence-electron chi connectivity index (χ1n) is 7.44. The summed E-state index contributed by atoms with van der Waals surface area (Å²) in [6.07, 6.45) is -0.579. The molecule has 136 valence electrons. The lowest BCUT2D eigenvalue weighted by Crippen LogP contribution is -2.31. The molecular formula is C15H18ClN3O4S2. The predicted octanol–water partition coefficient (Wildman–Crippen LogP) is 3.45. The molecule has 7 nitrogen and oxygen atoms in total. The minimum atomic E-state index is -3.79. The SMILES string of the molecule is CCN(CCc1csc(NS(=O)(=O)c2cccc(Cl)c2C)n1)C(=O)O. The molecule has 1 heterocycles. The van der Waals surface area contributed by atoms with Gasteiger partial charge in [-0.3, -0.25) is 4.72 Å². The zero-order chi connectivity index (χ0) is 18.6. The Morgan fingerprint density at radius 2 is 2.16 bits per heavy atom. The van der Waals surface area contributed by atoms with E-state index < -0.39 is 16.1 Å². The van der Waals surface area contributed by atoms with Crippen LogP contribution in [0.4, 0.5) is 9.93 Å². The summed E-state index contributed by atoms with van der Waals surface area (Å²) < 4.78 is 27.4. The number of benzene rings is 1. The van der Waals surface area contributed by atoms with E-state index in [-0.39, 0.29) is 10.0 Å². The molecule has 1 aromatic carbocycles. The molecule has 25 heavy (non-hydrogen) atoms. The molecule has 0 aliphatic carbocycles. The Morgan fingerprint density at radius 3 is 2.80 bits per heavy atom. The molecule has 0 radical (unpaired) electrons. The van der Waals surface area contributed by atoms with Crippen LogP contribution < -0.4 is 4.72 Å².